The Morgan fingerprint density at radius 3 is 2.39 bits per heavy atom. The number of carbonyl (C=O) groups is 1. The first-order valence-corrected chi connectivity index (χ1v) is 6.60. The van der Waals surface area contributed by atoms with Crippen LogP contribution in [0.2, 0.25) is 0 Å². The van der Waals surface area contributed by atoms with Gasteiger partial charge in [-0.1, -0.05) is 24.3 Å². The highest BCUT2D eigenvalue weighted by Crippen LogP contribution is 2.24. The highest BCUT2D eigenvalue weighted by Gasteiger charge is 2.07. The van der Waals surface area contributed by atoms with Crippen LogP contribution < -0.4 is 5.43 Å². The van der Waals surface area contributed by atoms with Gasteiger partial charge in [0.05, 0.1) is 18.4 Å². The zero-order valence-electron chi connectivity index (χ0n) is 12.3. The molecule has 0 aliphatic heterocycles. The lowest BCUT2D eigenvalue weighted by Crippen LogP contribution is -2.00. The minimum atomic E-state index is -0.404. The summed E-state index contributed by atoms with van der Waals surface area (Å²) < 4.78 is 4.71. The maximum Gasteiger partial charge on any atom is 0.337 e. The molecule has 0 heterocycles. The van der Waals surface area contributed by atoms with Gasteiger partial charge in [0, 0.05) is 0 Å². The first-order valence-electron chi connectivity index (χ1n) is 6.60. The summed E-state index contributed by atoms with van der Waals surface area (Å²) in [4.78, 5) is 11.6. The number of benzene rings is 2. The predicted molar refractivity (Wildman–Crippen MR) is 85.5 cm³/mol. The van der Waals surface area contributed by atoms with E-state index in [9.17, 15) is 4.79 Å². The van der Waals surface area contributed by atoms with E-state index in [1.165, 1.54) is 7.11 Å². The molecule has 0 amide bonds. The summed E-state index contributed by atoms with van der Waals surface area (Å²) in [5.41, 5.74) is 5.16. The lowest BCUT2D eigenvalue weighted by Gasteiger charge is -2.06. The summed E-state index contributed by atoms with van der Waals surface area (Å²) in [5.74, 6) is -0.404. The molecule has 0 saturated carbocycles. The maximum atomic E-state index is 11.6. The molecule has 6 heteroatoms. The van der Waals surface area contributed by atoms with Gasteiger partial charge in [0.25, 0.3) is 0 Å². The van der Waals surface area contributed by atoms with Crippen molar-refractivity contribution in [3.05, 3.63) is 54.1 Å². The van der Waals surface area contributed by atoms with Gasteiger partial charge in [0.15, 0.2) is 0 Å². The van der Waals surface area contributed by atoms with Crippen molar-refractivity contribution in [2.45, 2.75) is 0 Å². The largest absolute Gasteiger partial charge is 0.465 e. The minimum Gasteiger partial charge on any atom is -0.465 e. The van der Waals surface area contributed by atoms with Crippen molar-refractivity contribution < 1.29 is 9.53 Å². The third-order valence-electron chi connectivity index (χ3n) is 2.99. The molecule has 0 aliphatic rings. The first-order chi connectivity index (χ1) is 11.2. The molecule has 2 aromatic carbocycles. The highest BCUT2D eigenvalue weighted by atomic mass is 16.5. The molecule has 1 N–H and O–H groups in total. The number of anilines is 1. The van der Waals surface area contributed by atoms with Crippen molar-refractivity contribution in [3.8, 4) is 23.3 Å². The Labute approximate surface area is 133 Å². The number of nitrogens with one attached hydrogen (secondary N) is 1. The number of nitrogens with zero attached hydrogens (tertiary/aromatic N) is 3. The number of ether oxygens (including phenoxy) is 1. The fourth-order valence-corrected chi connectivity index (χ4v) is 1.91. The highest BCUT2D eigenvalue weighted by molar-refractivity contribution is 6.10. The van der Waals surface area contributed by atoms with Crippen LogP contribution in [0.1, 0.15) is 10.4 Å². The Morgan fingerprint density at radius 1 is 1.09 bits per heavy atom. The summed E-state index contributed by atoms with van der Waals surface area (Å²) in [6, 6.07) is 17.6. The molecule has 0 saturated heterocycles. The number of hydrogen-bond donors (Lipinski definition) is 1. The molecule has 0 aliphatic carbocycles. The average Bonchev–Trinajstić information content (AvgIpc) is 2.62. The molecular formula is C17H12N4O2. The van der Waals surface area contributed by atoms with Gasteiger partial charge < -0.3 is 4.74 Å². The van der Waals surface area contributed by atoms with Crippen molar-refractivity contribution in [3.63, 3.8) is 0 Å². The smallest absolute Gasteiger partial charge is 0.337 e. The number of carbonyl (C=O) groups excluding carboxylic acids is 1. The van der Waals surface area contributed by atoms with E-state index in [1.807, 2.05) is 12.1 Å². The molecular weight excluding hydrogens is 292 g/mol. The van der Waals surface area contributed by atoms with E-state index >= 15 is 0 Å². The third kappa shape index (κ3) is 3.93. The number of nitriles is 2. The van der Waals surface area contributed by atoms with E-state index in [2.05, 4.69) is 10.5 Å². The summed E-state index contributed by atoms with van der Waals surface area (Å²) in [6.07, 6.45) is 0. The number of hydrogen-bond acceptors (Lipinski definition) is 6. The van der Waals surface area contributed by atoms with Crippen LogP contribution in [0, 0.1) is 22.7 Å². The Balaban J connectivity index is 2.30. The van der Waals surface area contributed by atoms with Gasteiger partial charge in [-0.05, 0) is 35.4 Å². The third-order valence-corrected chi connectivity index (χ3v) is 2.99. The molecule has 0 atom stereocenters. The first kappa shape index (κ1) is 15.7. The molecule has 0 unspecified atom stereocenters. The van der Waals surface area contributed by atoms with Gasteiger partial charge in [0.2, 0.25) is 5.71 Å². The van der Waals surface area contributed by atoms with Gasteiger partial charge >= 0.3 is 5.97 Å². The normalized spacial score (nSPS) is 9.17. The van der Waals surface area contributed by atoms with Crippen molar-refractivity contribution in [1.29, 1.82) is 10.5 Å². The van der Waals surface area contributed by atoms with Crippen LogP contribution in [0.5, 0.6) is 0 Å². The molecule has 6 nitrogen and oxygen atoms in total. The second kappa shape index (κ2) is 7.39. The quantitative estimate of drug-likeness (QED) is 0.532. The molecule has 2 rings (SSSR count). The van der Waals surface area contributed by atoms with E-state index in [4.69, 9.17) is 15.3 Å². The van der Waals surface area contributed by atoms with Crippen LogP contribution in [0.25, 0.3) is 11.1 Å². The fraction of sp³-hybridized carbons (Fsp3) is 0.0588. The Kier molecular flexibility index (Phi) is 5.06. The van der Waals surface area contributed by atoms with Gasteiger partial charge in [-0.2, -0.15) is 15.6 Å². The molecule has 112 valence electrons. The summed E-state index contributed by atoms with van der Waals surface area (Å²) >= 11 is 0. The van der Waals surface area contributed by atoms with Gasteiger partial charge in [-0.25, -0.2) is 4.79 Å². The van der Waals surface area contributed by atoms with Gasteiger partial charge in [-0.15, -0.1) is 0 Å². The zero-order chi connectivity index (χ0) is 16.7. The summed E-state index contributed by atoms with van der Waals surface area (Å²) in [6.45, 7) is 0. The number of rotatable bonds is 4. The van der Waals surface area contributed by atoms with E-state index in [0.717, 1.165) is 11.1 Å². The van der Waals surface area contributed by atoms with Crippen LogP contribution in [-0.4, -0.2) is 18.8 Å². The number of hydrazone groups is 1. The van der Waals surface area contributed by atoms with Crippen molar-refractivity contribution in [1.82, 2.24) is 0 Å². The van der Waals surface area contributed by atoms with E-state index in [1.54, 1.807) is 48.5 Å². The lowest BCUT2D eigenvalue weighted by molar-refractivity contribution is 0.0601. The maximum absolute atomic E-state index is 11.6. The molecule has 0 bridgehead atoms. The summed E-state index contributed by atoms with van der Waals surface area (Å²) in [5, 5.41) is 21.0. The molecule has 0 fully saturated rings. The fourth-order valence-electron chi connectivity index (χ4n) is 1.91. The topological polar surface area (TPSA) is 98.3 Å². The van der Waals surface area contributed by atoms with Gasteiger partial charge in [0.1, 0.15) is 12.1 Å². The minimum absolute atomic E-state index is 0.261. The second-order valence-electron chi connectivity index (χ2n) is 4.45. The average molecular weight is 304 g/mol. The predicted octanol–water partition coefficient (Wildman–Crippen LogP) is 2.96. The molecule has 2 aromatic rings. The van der Waals surface area contributed by atoms with Crippen LogP contribution in [0.4, 0.5) is 5.69 Å². The molecule has 23 heavy (non-hydrogen) atoms. The van der Waals surface area contributed by atoms with Crippen LogP contribution >= 0.6 is 0 Å². The second-order valence-corrected chi connectivity index (χ2v) is 4.45. The van der Waals surface area contributed by atoms with E-state index < -0.39 is 5.97 Å². The van der Waals surface area contributed by atoms with Crippen molar-refractivity contribution in [2.75, 3.05) is 12.5 Å². The molecule has 0 spiro atoms. The Morgan fingerprint density at radius 2 is 1.74 bits per heavy atom. The van der Waals surface area contributed by atoms with Gasteiger partial charge in [-0.3, -0.25) is 5.43 Å². The number of esters is 1. The van der Waals surface area contributed by atoms with Crippen LogP contribution in [0.3, 0.4) is 0 Å². The Bertz CT molecular complexity index is 828. The van der Waals surface area contributed by atoms with E-state index in [0.29, 0.717) is 11.3 Å². The SMILES string of the molecule is COC(=O)c1cccc(-c2cccc(NN=C(C#N)C#N)c2)c1. The standard InChI is InChI=1S/C17H12N4O2/c1-23-17(22)14-6-2-4-12(8-14)13-5-3-7-15(9-13)20-21-16(10-18)11-19/h2-9,20H,1H3. The zero-order valence-corrected chi connectivity index (χ0v) is 12.3. The number of methoxy groups -OCH3 is 1. The van der Waals surface area contributed by atoms with Crippen LogP contribution in [0.15, 0.2) is 53.6 Å². The van der Waals surface area contributed by atoms with Crippen LogP contribution in [-0.2, 0) is 4.74 Å². The monoisotopic (exact) mass is 304 g/mol. The molecule has 0 aromatic heterocycles. The molecule has 0 radical (unpaired) electrons. The Hall–Kier alpha value is -3.64. The van der Waals surface area contributed by atoms with Crippen molar-refractivity contribution >= 4 is 17.4 Å². The lowest BCUT2D eigenvalue weighted by atomic mass is 10.0. The van der Waals surface area contributed by atoms with Crippen molar-refractivity contribution in [2.24, 2.45) is 5.10 Å². The van der Waals surface area contributed by atoms with E-state index in [-0.39, 0.29) is 5.71 Å². The summed E-state index contributed by atoms with van der Waals surface area (Å²) in [7, 11) is 1.33.